The first-order chi connectivity index (χ1) is 3.43. The van der Waals surface area contributed by atoms with Gasteiger partial charge in [0.15, 0.2) is 0 Å². The van der Waals surface area contributed by atoms with Crippen molar-refractivity contribution in [2.24, 2.45) is 5.84 Å². The van der Waals surface area contributed by atoms with Crippen LogP contribution in [0.15, 0.2) is 18.7 Å². The highest BCUT2D eigenvalue weighted by molar-refractivity contribution is 4.67. The lowest BCUT2D eigenvalue weighted by Gasteiger charge is -1.86. The lowest BCUT2D eigenvalue weighted by Crippen LogP contribution is -2.94. The Morgan fingerprint density at radius 1 is 1.71 bits per heavy atom. The van der Waals surface area contributed by atoms with E-state index >= 15 is 0 Å². The second-order valence-electron chi connectivity index (χ2n) is 1.16. The Labute approximate surface area is 40.9 Å². The summed E-state index contributed by atoms with van der Waals surface area (Å²) < 4.78 is 1.67. The van der Waals surface area contributed by atoms with Crippen molar-refractivity contribution in [3.8, 4) is 0 Å². The third-order valence-electron chi connectivity index (χ3n) is 0.697. The summed E-state index contributed by atoms with van der Waals surface area (Å²) >= 11 is 0. The quantitative estimate of drug-likeness (QED) is 0.318. The summed E-state index contributed by atoms with van der Waals surface area (Å²) in [6.07, 6.45) is 5.06. The van der Waals surface area contributed by atoms with Crippen molar-refractivity contribution in [1.82, 2.24) is 9.66 Å². The van der Waals surface area contributed by atoms with Gasteiger partial charge in [0.05, 0.1) is 12.4 Å². The molecule has 0 aliphatic rings. The van der Waals surface area contributed by atoms with Crippen molar-refractivity contribution in [2.45, 2.75) is 0 Å². The van der Waals surface area contributed by atoms with Crippen molar-refractivity contribution < 1.29 is 5.53 Å². The smallest absolute Gasteiger partial charge is 0.147 e. The molecule has 0 amide bonds. The summed E-state index contributed by atoms with van der Waals surface area (Å²) in [5, 5.41) is 0. The van der Waals surface area contributed by atoms with E-state index in [0.29, 0.717) is 0 Å². The van der Waals surface area contributed by atoms with Crippen LogP contribution >= 0.6 is 0 Å². The van der Waals surface area contributed by atoms with Gasteiger partial charge in [0, 0.05) is 0 Å². The maximum absolute atomic E-state index is 5.09. The van der Waals surface area contributed by atoms with Gasteiger partial charge in [-0.05, 0) is 0 Å². The van der Waals surface area contributed by atoms with Crippen LogP contribution in [0.4, 0.5) is 0 Å². The van der Waals surface area contributed by atoms with Gasteiger partial charge in [0.25, 0.3) is 0 Å². The predicted octanol–water partition coefficient (Wildman–Crippen LogP) is -1.92. The highest BCUT2D eigenvalue weighted by atomic mass is 15.6. The number of nitrogens with two attached hydrogens (primary N) is 2. The van der Waals surface area contributed by atoms with Gasteiger partial charge in [-0.25, -0.2) is 4.98 Å². The topological polar surface area (TPSA) is 60.4 Å². The first kappa shape index (κ1) is 4.29. The third-order valence-corrected chi connectivity index (χ3v) is 0.697. The van der Waals surface area contributed by atoms with Gasteiger partial charge in [-0.2, -0.15) is 16.1 Å². The molecule has 1 rings (SSSR count). The molecule has 0 saturated heterocycles. The molecule has 7 heavy (non-hydrogen) atoms. The van der Waals surface area contributed by atoms with Crippen molar-refractivity contribution in [2.75, 3.05) is 0 Å². The first-order valence-electron chi connectivity index (χ1n) is 1.96. The fourth-order valence-corrected chi connectivity index (χ4v) is 0.358. The van der Waals surface area contributed by atoms with Crippen molar-refractivity contribution in [3.05, 3.63) is 18.7 Å². The Bertz CT molecular complexity index is 121. The highest BCUT2D eigenvalue weighted by Crippen LogP contribution is 1.68. The maximum atomic E-state index is 5.09. The Morgan fingerprint density at radius 2 is 2.57 bits per heavy atom. The van der Waals surface area contributed by atoms with Gasteiger partial charge >= 0.3 is 0 Å². The van der Waals surface area contributed by atoms with Crippen LogP contribution in [0.2, 0.25) is 0 Å². The zero-order valence-corrected chi connectivity index (χ0v) is 3.78. The minimum absolute atomic E-state index is 1.44. The second-order valence-corrected chi connectivity index (χ2v) is 1.16. The standard InChI is InChI=1S/C3H6N4/c4-6-7-2-1-5-3-7/h1-3,6H,4H2/p+1. The molecule has 1 heterocycles. The Morgan fingerprint density at radius 3 is 2.86 bits per heavy atom. The number of rotatable bonds is 1. The molecule has 0 atom stereocenters. The van der Waals surface area contributed by atoms with Gasteiger partial charge in [0.2, 0.25) is 0 Å². The summed E-state index contributed by atoms with van der Waals surface area (Å²) in [5.74, 6) is 5.09. The minimum Gasteiger partial charge on any atom is -0.240 e. The zero-order chi connectivity index (χ0) is 5.11. The van der Waals surface area contributed by atoms with E-state index in [1.165, 1.54) is 5.53 Å². The maximum Gasteiger partial charge on any atom is 0.147 e. The van der Waals surface area contributed by atoms with Crippen LogP contribution in [-0.4, -0.2) is 9.66 Å². The summed E-state index contributed by atoms with van der Waals surface area (Å²) in [5.41, 5.74) is 1.44. The van der Waals surface area contributed by atoms with Gasteiger partial charge in [-0.3, -0.25) is 0 Å². The molecule has 1 aromatic rings. The lowest BCUT2D eigenvalue weighted by atomic mass is 11.0. The average molecular weight is 99.1 g/mol. The molecule has 0 bridgehead atoms. The van der Waals surface area contributed by atoms with Crippen LogP contribution in [0.25, 0.3) is 0 Å². The van der Waals surface area contributed by atoms with Crippen molar-refractivity contribution in [3.63, 3.8) is 0 Å². The molecule has 0 aliphatic carbocycles. The predicted molar refractivity (Wildman–Crippen MR) is 23.7 cm³/mol. The molecule has 4 heteroatoms. The van der Waals surface area contributed by atoms with Crippen LogP contribution in [-0.2, 0) is 0 Å². The van der Waals surface area contributed by atoms with Crippen molar-refractivity contribution >= 4 is 0 Å². The summed E-state index contributed by atoms with van der Waals surface area (Å²) in [4.78, 5) is 3.74. The van der Waals surface area contributed by atoms with E-state index in [0.717, 1.165) is 0 Å². The SMILES string of the molecule is N[NH2+]n1ccnc1. The average Bonchev–Trinajstić information content (AvgIpc) is 2.14. The summed E-state index contributed by atoms with van der Waals surface area (Å²) in [6, 6.07) is 0. The van der Waals surface area contributed by atoms with Gasteiger partial charge in [0.1, 0.15) is 6.33 Å². The molecule has 4 N–H and O–H groups in total. The summed E-state index contributed by atoms with van der Waals surface area (Å²) in [6.45, 7) is 0. The molecular weight excluding hydrogens is 92.1 g/mol. The first-order valence-corrected chi connectivity index (χ1v) is 1.96. The number of quaternary nitrogens is 1. The molecular formula is C3H7N4+. The number of hydrogen-bond acceptors (Lipinski definition) is 2. The van der Waals surface area contributed by atoms with Crippen LogP contribution < -0.4 is 11.4 Å². The van der Waals surface area contributed by atoms with E-state index in [4.69, 9.17) is 5.84 Å². The molecule has 0 aliphatic heterocycles. The zero-order valence-electron chi connectivity index (χ0n) is 3.78. The number of imidazole rings is 1. The Balaban J connectivity index is 2.76. The monoisotopic (exact) mass is 99.1 g/mol. The number of hydrogen-bond donors (Lipinski definition) is 2. The second kappa shape index (κ2) is 1.72. The van der Waals surface area contributed by atoms with Crippen molar-refractivity contribution in [1.29, 1.82) is 0 Å². The largest absolute Gasteiger partial charge is 0.240 e. The third kappa shape index (κ3) is 0.760. The van der Waals surface area contributed by atoms with Crippen LogP contribution in [0.5, 0.6) is 0 Å². The van der Waals surface area contributed by atoms with E-state index in [1.807, 2.05) is 0 Å². The van der Waals surface area contributed by atoms with Gasteiger partial charge in [-0.1, -0.05) is 0 Å². The van der Waals surface area contributed by atoms with E-state index < -0.39 is 0 Å². The molecule has 0 unspecified atom stereocenters. The Hall–Kier alpha value is -0.870. The minimum atomic E-state index is 1.44. The van der Waals surface area contributed by atoms with E-state index in [-0.39, 0.29) is 0 Å². The lowest BCUT2D eigenvalue weighted by molar-refractivity contribution is -0.722. The fourth-order valence-electron chi connectivity index (χ4n) is 0.358. The molecule has 38 valence electrons. The van der Waals surface area contributed by atoms with Gasteiger partial charge in [-0.15, -0.1) is 0 Å². The molecule has 0 radical (unpaired) electrons. The molecule has 0 aromatic carbocycles. The number of nitrogens with zero attached hydrogens (tertiary/aromatic N) is 2. The summed E-state index contributed by atoms with van der Waals surface area (Å²) in [7, 11) is 0. The molecule has 4 nitrogen and oxygen atoms in total. The van der Waals surface area contributed by atoms with E-state index in [1.54, 1.807) is 23.4 Å². The fraction of sp³-hybridized carbons (Fsp3) is 0. The van der Waals surface area contributed by atoms with E-state index in [2.05, 4.69) is 4.98 Å². The molecule has 0 saturated carbocycles. The van der Waals surface area contributed by atoms with Crippen LogP contribution in [0.1, 0.15) is 0 Å². The van der Waals surface area contributed by atoms with Gasteiger partial charge < -0.3 is 0 Å². The molecule has 0 fully saturated rings. The van der Waals surface area contributed by atoms with Crippen LogP contribution in [0, 0.1) is 0 Å². The van der Waals surface area contributed by atoms with E-state index in [9.17, 15) is 0 Å². The normalized spacial score (nSPS) is 9.29. The molecule has 0 spiro atoms. The molecule has 1 aromatic heterocycles. The Kier molecular flexibility index (Phi) is 1.06. The number of aromatic nitrogens is 2. The highest BCUT2D eigenvalue weighted by Gasteiger charge is 1.79. The van der Waals surface area contributed by atoms with Crippen LogP contribution in [0.3, 0.4) is 0 Å².